The van der Waals surface area contributed by atoms with E-state index in [2.05, 4.69) is 20.6 Å². The summed E-state index contributed by atoms with van der Waals surface area (Å²) >= 11 is 0. The highest BCUT2D eigenvalue weighted by molar-refractivity contribution is 5.97. The van der Waals surface area contributed by atoms with Gasteiger partial charge in [-0.25, -0.2) is 9.37 Å². The summed E-state index contributed by atoms with van der Waals surface area (Å²) in [5.74, 6) is -0.358. The highest BCUT2D eigenvalue weighted by atomic mass is 19.1. The summed E-state index contributed by atoms with van der Waals surface area (Å²) in [6.07, 6.45) is 4.51. The Labute approximate surface area is 115 Å². The van der Waals surface area contributed by atoms with Gasteiger partial charge in [0.25, 0.3) is 0 Å². The van der Waals surface area contributed by atoms with Gasteiger partial charge in [0.2, 0.25) is 5.91 Å². The van der Waals surface area contributed by atoms with Crippen molar-refractivity contribution in [2.75, 3.05) is 10.6 Å². The minimum Gasteiger partial charge on any atom is -0.337 e. The summed E-state index contributed by atoms with van der Waals surface area (Å²) in [5, 5.41) is 5.50. The van der Waals surface area contributed by atoms with Crippen molar-refractivity contribution in [1.82, 2.24) is 9.97 Å². The number of aromatic nitrogens is 2. The highest BCUT2D eigenvalue weighted by Crippen LogP contribution is 2.25. The van der Waals surface area contributed by atoms with E-state index >= 15 is 0 Å². The molecule has 2 rings (SSSR count). The van der Waals surface area contributed by atoms with Crippen LogP contribution in [0.2, 0.25) is 0 Å². The molecule has 0 saturated carbocycles. The van der Waals surface area contributed by atoms with Crippen molar-refractivity contribution in [3.63, 3.8) is 0 Å². The van der Waals surface area contributed by atoms with E-state index in [4.69, 9.17) is 5.73 Å². The van der Waals surface area contributed by atoms with Gasteiger partial charge >= 0.3 is 0 Å². The number of amides is 1. The average molecular weight is 275 g/mol. The van der Waals surface area contributed by atoms with Crippen LogP contribution in [0, 0.1) is 5.82 Å². The Hall–Kier alpha value is -2.54. The second-order valence-corrected chi connectivity index (χ2v) is 4.18. The number of nitrogens with two attached hydrogens (primary N) is 1. The molecule has 2 aromatic rings. The fourth-order valence-electron chi connectivity index (χ4n) is 1.48. The molecule has 0 aliphatic carbocycles. The van der Waals surface area contributed by atoms with Crippen LogP contribution >= 0.6 is 0 Å². The SMILES string of the molecule is C[C@H](N)C(=O)Nc1ccc(F)cc1Nc1cnccn1. The molecule has 1 aromatic heterocycles. The van der Waals surface area contributed by atoms with Crippen molar-refractivity contribution in [3.8, 4) is 0 Å². The van der Waals surface area contributed by atoms with Crippen LogP contribution in [0.15, 0.2) is 36.8 Å². The first kappa shape index (κ1) is 13.9. The molecule has 1 aromatic carbocycles. The number of nitrogens with one attached hydrogen (secondary N) is 2. The third kappa shape index (κ3) is 3.48. The first-order chi connectivity index (χ1) is 9.56. The summed E-state index contributed by atoms with van der Waals surface area (Å²) in [4.78, 5) is 19.5. The molecule has 0 unspecified atom stereocenters. The molecule has 0 fully saturated rings. The Morgan fingerprint density at radius 2 is 2.15 bits per heavy atom. The van der Waals surface area contributed by atoms with Crippen molar-refractivity contribution < 1.29 is 9.18 Å². The number of anilines is 3. The number of hydrogen-bond donors (Lipinski definition) is 3. The van der Waals surface area contributed by atoms with E-state index in [1.807, 2.05) is 0 Å². The lowest BCUT2D eigenvalue weighted by atomic mass is 10.2. The van der Waals surface area contributed by atoms with Crippen LogP contribution in [0.3, 0.4) is 0 Å². The summed E-state index contributed by atoms with van der Waals surface area (Å²) in [6.45, 7) is 1.56. The topological polar surface area (TPSA) is 92.9 Å². The monoisotopic (exact) mass is 275 g/mol. The molecule has 0 aliphatic heterocycles. The smallest absolute Gasteiger partial charge is 0.241 e. The van der Waals surface area contributed by atoms with Gasteiger partial charge in [0.05, 0.1) is 23.6 Å². The van der Waals surface area contributed by atoms with Crippen molar-refractivity contribution in [1.29, 1.82) is 0 Å². The number of halogens is 1. The Bertz CT molecular complexity index is 603. The third-order valence-electron chi connectivity index (χ3n) is 2.48. The number of carbonyl (C=O) groups is 1. The molecule has 0 bridgehead atoms. The first-order valence-corrected chi connectivity index (χ1v) is 5.95. The number of carbonyl (C=O) groups excluding carboxylic acids is 1. The third-order valence-corrected chi connectivity index (χ3v) is 2.48. The maximum atomic E-state index is 13.3. The van der Waals surface area contributed by atoms with Crippen LogP contribution in [-0.4, -0.2) is 21.9 Å². The van der Waals surface area contributed by atoms with Gasteiger partial charge in [-0.05, 0) is 25.1 Å². The predicted molar refractivity (Wildman–Crippen MR) is 74.0 cm³/mol. The van der Waals surface area contributed by atoms with Crippen LogP contribution < -0.4 is 16.4 Å². The molecule has 7 heteroatoms. The number of hydrogen-bond acceptors (Lipinski definition) is 5. The molecule has 1 heterocycles. The maximum absolute atomic E-state index is 13.3. The van der Waals surface area contributed by atoms with E-state index in [0.717, 1.165) is 0 Å². The zero-order chi connectivity index (χ0) is 14.5. The standard InChI is InChI=1S/C13H14FN5O/c1-8(15)13(20)19-10-3-2-9(14)6-11(10)18-12-7-16-4-5-17-12/h2-8H,15H2,1H3,(H,17,18)(H,19,20)/t8-/m0/s1. The van der Waals surface area contributed by atoms with Gasteiger partial charge in [-0.1, -0.05) is 0 Å². The minimum atomic E-state index is -0.663. The summed E-state index contributed by atoms with van der Waals surface area (Å²) in [6, 6.07) is 3.29. The van der Waals surface area contributed by atoms with Crippen molar-refractivity contribution in [2.24, 2.45) is 5.73 Å². The minimum absolute atomic E-state index is 0.362. The molecule has 0 saturated heterocycles. The van der Waals surface area contributed by atoms with E-state index in [1.165, 1.54) is 36.8 Å². The van der Waals surface area contributed by atoms with Crippen LogP contribution in [0.25, 0.3) is 0 Å². The summed E-state index contributed by atoms with van der Waals surface area (Å²) in [7, 11) is 0. The van der Waals surface area contributed by atoms with Gasteiger partial charge in [-0.2, -0.15) is 0 Å². The van der Waals surface area contributed by atoms with E-state index in [-0.39, 0.29) is 5.91 Å². The predicted octanol–water partition coefficient (Wildman–Crippen LogP) is 1.64. The Kier molecular flexibility index (Phi) is 4.21. The van der Waals surface area contributed by atoms with Gasteiger partial charge in [0.1, 0.15) is 11.6 Å². The van der Waals surface area contributed by atoms with Gasteiger partial charge in [0, 0.05) is 12.4 Å². The molecule has 4 N–H and O–H groups in total. The molecular formula is C13H14FN5O. The zero-order valence-electron chi connectivity index (χ0n) is 10.8. The molecule has 0 aliphatic rings. The first-order valence-electron chi connectivity index (χ1n) is 5.95. The van der Waals surface area contributed by atoms with Gasteiger partial charge in [-0.15, -0.1) is 0 Å². The van der Waals surface area contributed by atoms with Crippen LogP contribution in [0.4, 0.5) is 21.6 Å². The van der Waals surface area contributed by atoms with Gasteiger partial charge < -0.3 is 16.4 Å². The van der Waals surface area contributed by atoms with Crippen LogP contribution in [0.5, 0.6) is 0 Å². The Morgan fingerprint density at radius 1 is 1.35 bits per heavy atom. The molecule has 6 nitrogen and oxygen atoms in total. The summed E-state index contributed by atoms with van der Waals surface area (Å²) < 4.78 is 13.3. The second kappa shape index (κ2) is 6.07. The molecule has 104 valence electrons. The number of benzene rings is 1. The lowest BCUT2D eigenvalue weighted by molar-refractivity contribution is -0.117. The molecule has 20 heavy (non-hydrogen) atoms. The number of nitrogens with zero attached hydrogens (tertiary/aromatic N) is 2. The maximum Gasteiger partial charge on any atom is 0.241 e. The van der Waals surface area contributed by atoms with Crippen molar-refractivity contribution in [3.05, 3.63) is 42.6 Å². The van der Waals surface area contributed by atoms with E-state index in [9.17, 15) is 9.18 Å². The van der Waals surface area contributed by atoms with E-state index < -0.39 is 11.9 Å². The largest absolute Gasteiger partial charge is 0.337 e. The lowest BCUT2D eigenvalue weighted by Crippen LogP contribution is -2.32. The van der Waals surface area contributed by atoms with Gasteiger partial charge in [-0.3, -0.25) is 9.78 Å². The molecule has 1 atom stereocenters. The normalized spacial score (nSPS) is 11.8. The van der Waals surface area contributed by atoms with E-state index in [1.54, 1.807) is 6.92 Å². The molecule has 0 spiro atoms. The quantitative estimate of drug-likeness (QED) is 0.788. The lowest BCUT2D eigenvalue weighted by Gasteiger charge is -2.13. The van der Waals surface area contributed by atoms with Crippen molar-refractivity contribution >= 4 is 23.1 Å². The fourth-order valence-corrected chi connectivity index (χ4v) is 1.48. The number of rotatable bonds is 4. The highest BCUT2D eigenvalue weighted by Gasteiger charge is 2.11. The van der Waals surface area contributed by atoms with E-state index in [0.29, 0.717) is 17.2 Å². The Morgan fingerprint density at radius 3 is 2.80 bits per heavy atom. The second-order valence-electron chi connectivity index (χ2n) is 4.18. The molecular weight excluding hydrogens is 261 g/mol. The summed E-state index contributed by atoms with van der Waals surface area (Å²) in [5.41, 5.74) is 6.28. The zero-order valence-corrected chi connectivity index (χ0v) is 10.8. The fraction of sp³-hybridized carbons (Fsp3) is 0.154. The van der Waals surface area contributed by atoms with Crippen molar-refractivity contribution in [2.45, 2.75) is 13.0 Å². The Balaban J connectivity index is 2.26. The van der Waals surface area contributed by atoms with Crippen LogP contribution in [0.1, 0.15) is 6.92 Å². The molecule has 1 amide bonds. The molecule has 0 radical (unpaired) electrons. The van der Waals surface area contributed by atoms with Gasteiger partial charge in [0.15, 0.2) is 0 Å². The van der Waals surface area contributed by atoms with Crippen LogP contribution in [-0.2, 0) is 4.79 Å². The average Bonchev–Trinajstić information content (AvgIpc) is 2.42.